The number of rotatable bonds is 6. The van der Waals surface area contributed by atoms with E-state index in [4.69, 9.17) is 9.15 Å². The topological polar surface area (TPSA) is 109 Å². The lowest BCUT2D eigenvalue weighted by atomic mass is 9.94. The summed E-state index contributed by atoms with van der Waals surface area (Å²) in [5, 5.41) is 14.4. The van der Waals surface area contributed by atoms with E-state index in [0.717, 1.165) is 4.47 Å². The molecule has 0 aliphatic carbocycles. The number of nitrogens with zero attached hydrogens (tertiary/aromatic N) is 1. The van der Waals surface area contributed by atoms with E-state index < -0.39 is 23.5 Å². The third kappa shape index (κ3) is 4.49. The van der Waals surface area contributed by atoms with Gasteiger partial charge in [-0.05, 0) is 60.2 Å². The molecule has 186 valence electrons. The Bertz CT molecular complexity index is 1590. The van der Waals surface area contributed by atoms with Crippen LogP contribution in [0.2, 0.25) is 0 Å². The van der Waals surface area contributed by atoms with E-state index in [2.05, 4.69) is 21.2 Å². The van der Waals surface area contributed by atoms with Gasteiger partial charge in [-0.2, -0.15) is 0 Å². The fourth-order valence-electron chi connectivity index (χ4n) is 4.40. The highest BCUT2D eigenvalue weighted by Gasteiger charge is 2.45. The van der Waals surface area contributed by atoms with Crippen LogP contribution in [0, 0.1) is 0 Å². The molecule has 0 spiro atoms. The molecular formula is C28H21BrN2O6. The third-order valence-electron chi connectivity index (χ3n) is 6.03. The largest absolute Gasteiger partial charge is 0.503 e. The van der Waals surface area contributed by atoms with Crippen molar-refractivity contribution in [1.82, 2.24) is 0 Å². The van der Waals surface area contributed by atoms with Gasteiger partial charge in [0.2, 0.25) is 11.7 Å². The summed E-state index contributed by atoms with van der Waals surface area (Å²) >= 11 is 3.40. The lowest BCUT2D eigenvalue weighted by Gasteiger charge is -2.27. The monoisotopic (exact) mass is 560 g/mol. The number of nitrogens with one attached hydrogen (secondary N) is 1. The van der Waals surface area contributed by atoms with E-state index in [1.54, 1.807) is 66.7 Å². The number of hydrogen-bond acceptors (Lipinski definition) is 6. The van der Waals surface area contributed by atoms with Crippen LogP contribution in [0.3, 0.4) is 0 Å². The summed E-state index contributed by atoms with van der Waals surface area (Å²) in [7, 11) is 1.54. The van der Waals surface area contributed by atoms with Crippen molar-refractivity contribution in [1.29, 1.82) is 0 Å². The van der Waals surface area contributed by atoms with Gasteiger partial charge >= 0.3 is 0 Å². The highest BCUT2D eigenvalue weighted by Crippen LogP contribution is 2.43. The van der Waals surface area contributed by atoms with Gasteiger partial charge in [-0.25, -0.2) is 0 Å². The first-order valence-corrected chi connectivity index (χ1v) is 12.1. The number of fused-ring (bicyclic) bond motifs is 1. The molecule has 1 aliphatic rings. The second kappa shape index (κ2) is 9.59. The van der Waals surface area contributed by atoms with Gasteiger partial charge in [0.15, 0.2) is 11.5 Å². The van der Waals surface area contributed by atoms with Gasteiger partial charge in [-0.1, -0.05) is 34.1 Å². The molecule has 0 saturated heterocycles. The second-order valence-corrected chi connectivity index (χ2v) is 9.38. The molecule has 1 aliphatic heterocycles. The van der Waals surface area contributed by atoms with Crippen molar-refractivity contribution < 1.29 is 28.6 Å². The van der Waals surface area contributed by atoms with Gasteiger partial charge in [-0.3, -0.25) is 19.3 Å². The Kier molecular flexibility index (Phi) is 6.31. The summed E-state index contributed by atoms with van der Waals surface area (Å²) in [6.07, 6.45) is 0. The average Bonchev–Trinajstić information content (AvgIpc) is 3.42. The molecule has 8 nitrogen and oxygen atoms in total. The number of amides is 2. The number of furan rings is 1. The maximum Gasteiger partial charge on any atom is 0.294 e. The van der Waals surface area contributed by atoms with Crippen molar-refractivity contribution in [3.63, 3.8) is 0 Å². The van der Waals surface area contributed by atoms with Crippen molar-refractivity contribution in [2.24, 2.45) is 0 Å². The Morgan fingerprint density at radius 2 is 1.81 bits per heavy atom. The molecule has 2 heterocycles. The number of anilines is 2. The summed E-state index contributed by atoms with van der Waals surface area (Å²) in [6, 6.07) is 19.4. The standard InChI is InChI=1S/C28H21BrN2O6/c1-15(32)30-19-4-3-5-20(14-19)31-25(16-6-9-21(36-2)10-7-16)24(27(34)28(31)35)26(33)23-13-17-12-18(29)8-11-22(17)37-23/h3-14,25,34H,1-2H3,(H,30,32). The van der Waals surface area contributed by atoms with Gasteiger partial charge in [0.25, 0.3) is 5.91 Å². The highest BCUT2D eigenvalue weighted by molar-refractivity contribution is 9.10. The van der Waals surface area contributed by atoms with Gasteiger partial charge in [-0.15, -0.1) is 0 Å². The minimum atomic E-state index is -0.960. The fraction of sp³-hybridized carbons (Fsp3) is 0.107. The van der Waals surface area contributed by atoms with E-state index in [-0.39, 0.29) is 17.2 Å². The van der Waals surface area contributed by atoms with Crippen LogP contribution in [0.15, 0.2) is 93.0 Å². The van der Waals surface area contributed by atoms with Crippen molar-refractivity contribution in [2.45, 2.75) is 13.0 Å². The number of aliphatic hydroxyl groups is 1. The Hall–Kier alpha value is -4.37. The number of methoxy groups -OCH3 is 1. The summed E-state index contributed by atoms with van der Waals surface area (Å²) in [6.45, 7) is 1.38. The number of aliphatic hydroxyl groups excluding tert-OH is 1. The van der Waals surface area contributed by atoms with Crippen LogP contribution in [0.25, 0.3) is 11.0 Å². The molecule has 1 unspecified atom stereocenters. The molecule has 1 aromatic heterocycles. The van der Waals surface area contributed by atoms with Crippen LogP contribution in [0.5, 0.6) is 5.75 Å². The van der Waals surface area contributed by atoms with Gasteiger partial charge in [0.1, 0.15) is 11.3 Å². The first-order chi connectivity index (χ1) is 17.8. The zero-order valence-electron chi connectivity index (χ0n) is 19.8. The van der Waals surface area contributed by atoms with E-state index in [1.807, 2.05) is 6.07 Å². The molecular weight excluding hydrogens is 540 g/mol. The Morgan fingerprint density at radius 3 is 2.51 bits per heavy atom. The molecule has 0 radical (unpaired) electrons. The van der Waals surface area contributed by atoms with Gasteiger partial charge in [0.05, 0.1) is 18.7 Å². The molecule has 2 amide bonds. The molecule has 0 fully saturated rings. The summed E-state index contributed by atoms with van der Waals surface area (Å²) in [5.74, 6) is -1.71. The van der Waals surface area contributed by atoms with E-state index >= 15 is 0 Å². The minimum absolute atomic E-state index is 0.00481. The van der Waals surface area contributed by atoms with Crippen LogP contribution in [-0.4, -0.2) is 29.8 Å². The summed E-state index contributed by atoms with van der Waals surface area (Å²) in [5.41, 5.74) is 1.81. The SMILES string of the molecule is COc1ccc(C2C(C(=O)c3cc4cc(Br)ccc4o3)=C(O)C(=O)N2c2cccc(NC(C)=O)c2)cc1. The predicted octanol–water partition coefficient (Wildman–Crippen LogP) is 5.95. The molecule has 0 saturated carbocycles. The number of halogens is 1. The van der Waals surface area contributed by atoms with Crippen LogP contribution < -0.4 is 15.0 Å². The molecule has 2 N–H and O–H groups in total. The molecule has 5 rings (SSSR count). The Labute approximate surface area is 220 Å². The van der Waals surface area contributed by atoms with Gasteiger partial charge < -0.3 is 19.6 Å². The first-order valence-electron chi connectivity index (χ1n) is 11.3. The summed E-state index contributed by atoms with van der Waals surface area (Å²) < 4.78 is 11.9. The Balaban J connectivity index is 1.64. The zero-order chi connectivity index (χ0) is 26.3. The van der Waals surface area contributed by atoms with Crippen LogP contribution in [-0.2, 0) is 9.59 Å². The minimum Gasteiger partial charge on any atom is -0.503 e. The number of carbonyl (C=O) groups is 3. The Morgan fingerprint density at radius 1 is 1.05 bits per heavy atom. The quantitative estimate of drug-likeness (QED) is 0.282. The van der Waals surface area contributed by atoms with E-state index in [0.29, 0.717) is 33.7 Å². The fourth-order valence-corrected chi connectivity index (χ4v) is 4.78. The number of ketones is 1. The molecule has 4 aromatic rings. The van der Waals surface area contributed by atoms with Crippen molar-refractivity contribution in [3.05, 3.63) is 99.9 Å². The van der Waals surface area contributed by atoms with Crippen LogP contribution in [0.1, 0.15) is 29.1 Å². The number of hydrogen-bond donors (Lipinski definition) is 2. The van der Waals surface area contributed by atoms with E-state index in [9.17, 15) is 19.5 Å². The smallest absolute Gasteiger partial charge is 0.294 e. The lowest BCUT2D eigenvalue weighted by Crippen LogP contribution is -2.31. The molecule has 1 atom stereocenters. The molecule has 37 heavy (non-hydrogen) atoms. The number of Topliss-reactive ketones (excluding diaryl/α,β-unsaturated/α-hetero) is 1. The van der Waals surface area contributed by atoms with E-state index in [1.165, 1.54) is 18.9 Å². The number of carbonyl (C=O) groups excluding carboxylic acids is 3. The maximum atomic E-state index is 13.8. The first kappa shape index (κ1) is 24.3. The lowest BCUT2D eigenvalue weighted by molar-refractivity contribution is -0.117. The van der Waals surface area contributed by atoms with Crippen molar-refractivity contribution >= 4 is 55.9 Å². The second-order valence-electron chi connectivity index (χ2n) is 8.47. The van der Waals surface area contributed by atoms with Crippen LogP contribution in [0.4, 0.5) is 11.4 Å². The zero-order valence-corrected chi connectivity index (χ0v) is 21.4. The van der Waals surface area contributed by atoms with Crippen LogP contribution >= 0.6 is 15.9 Å². The van der Waals surface area contributed by atoms with Gasteiger partial charge in [0, 0.05) is 28.2 Å². The summed E-state index contributed by atoms with van der Waals surface area (Å²) in [4.78, 5) is 40.1. The molecule has 9 heteroatoms. The maximum absolute atomic E-state index is 13.8. The average molecular weight is 561 g/mol. The normalized spacial score (nSPS) is 15.4. The van der Waals surface area contributed by atoms with Crippen molar-refractivity contribution in [3.8, 4) is 5.75 Å². The number of ether oxygens (including phenoxy) is 1. The third-order valence-corrected chi connectivity index (χ3v) is 6.52. The number of benzene rings is 3. The highest BCUT2D eigenvalue weighted by atomic mass is 79.9. The molecule has 0 bridgehead atoms. The molecule has 3 aromatic carbocycles. The predicted molar refractivity (Wildman–Crippen MR) is 142 cm³/mol. The van der Waals surface area contributed by atoms with Crippen molar-refractivity contribution in [2.75, 3.05) is 17.3 Å².